The number of thiocarbonyl (C=S) groups is 1. The van der Waals surface area contributed by atoms with Crippen molar-refractivity contribution in [2.45, 2.75) is 39.7 Å². The standard InChI is InChI=1S/C19H22ClFN2S/c1-3-4-5-14-6-9-18(13(2)10-14)23-19(24)22-12-15-7-8-16(21)11-17(15)20/h6-11H,3-5,12H2,1-2H3,(H2,22,23,24). The zero-order chi connectivity index (χ0) is 17.5. The first-order valence-electron chi connectivity index (χ1n) is 8.08. The molecule has 5 heteroatoms. The van der Waals surface area contributed by atoms with Gasteiger partial charge in [0, 0.05) is 17.3 Å². The van der Waals surface area contributed by atoms with Crippen LogP contribution < -0.4 is 10.6 Å². The maximum absolute atomic E-state index is 13.0. The Morgan fingerprint density at radius 1 is 1.21 bits per heavy atom. The third-order valence-electron chi connectivity index (χ3n) is 3.81. The Bertz CT molecular complexity index is 719. The molecule has 0 spiro atoms. The van der Waals surface area contributed by atoms with Gasteiger partial charge in [0.05, 0.1) is 0 Å². The number of aryl methyl sites for hydroxylation is 2. The topological polar surface area (TPSA) is 24.1 Å². The van der Waals surface area contributed by atoms with Crippen LogP contribution in [0.4, 0.5) is 10.1 Å². The maximum atomic E-state index is 13.0. The molecule has 2 N–H and O–H groups in total. The van der Waals surface area contributed by atoms with Gasteiger partial charge in [-0.3, -0.25) is 0 Å². The highest BCUT2D eigenvalue weighted by Gasteiger charge is 2.05. The number of nitrogens with one attached hydrogen (secondary N) is 2. The number of hydrogen-bond donors (Lipinski definition) is 2. The van der Waals surface area contributed by atoms with Crippen molar-refractivity contribution in [3.05, 3.63) is 63.9 Å². The van der Waals surface area contributed by atoms with Gasteiger partial charge in [0.2, 0.25) is 0 Å². The largest absolute Gasteiger partial charge is 0.358 e. The van der Waals surface area contributed by atoms with Crippen molar-refractivity contribution >= 4 is 34.6 Å². The molecule has 0 atom stereocenters. The summed E-state index contributed by atoms with van der Waals surface area (Å²) in [6.45, 7) is 4.70. The molecule has 2 rings (SSSR count). The van der Waals surface area contributed by atoms with Gasteiger partial charge in [0.1, 0.15) is 5.82 Å². The minimum atomic E-state index is -0.344. The molecule has 0 saturated carbocycles. The van der Waals surface area contributed by atoms with E-state index in [4.69, 9.17) is 23.8 Å². The van der Waals surface area contributed by atoms with E-state index < -0.39 is 0 Å². The van der Waals surface area contributed by atoms with Crippen LogP contribution in [-0.2, 0) is 13.0 Å². The Kier molecular flexibility index (Phi) is 7.00. The molecule has 2 aromatic rings. The fourth-order valence-electron chi connectivity index (χ4n) is 2.41. The van der Waals surface area contributed by atoms with Crippen LogP contribution in [0, 0.1) is 12.7 Å². The molecule has 0 radical (unpaired) electrons. The Balaban J connectivity index is 1.92. The van der Waals surface area contributed by atoms with E-state index in [-0.39, 0.29) is 5.82 Å². The molecule has 0 aliphatic carbocycles. The van der Waals surface area contributed by atoms with E-state index in [9.17, 15) is 4.39 Å². The van der Waals surface area contributed by atoms with E-state index >= 15 is 0 Å². The van der Waals surface area contributed by atoms with Crippen LogP contribution in [0.25, 0.3) is 0 Å². The Morgan fingerprint density at radius 3 is 2.67 bits per heavy atom. The zero-order valence-electron chi connectivity index (χ0n) is 14.0. The second-order valence-corrected chi connectivity index (χ2v) is 6.61. The predicted octanol–water partition coefficient (Wildman–Crippen LogP) is 5.62. The fourth-order valence-corrected chi connectivity index (χ4v) is 2.83. The molecule has 0 bridgehead atoms. The predicted molar refractivity (Wildman–Crippen MR) is 104 cm³/mol. The van der Waals surface area contributed by atoms with Crippen molar-refractivity contribution in [2.75, 3.05) is 5.32 Å². The van der Waals surface area contributed by atoms with Gasteiger partial charge in [-0.25, -0.2) is 4.39 Å². The average molecular weight is 365 g/mol. The van der Waals surface area contributed by atoms with Crippen molar-refractivity contribution in [3.8, 4) is 0 Å². The van der Waals surface area contributed by atoms with Crippen molar-refractivity contribution in [1.82, 2.24) is 5.32 Å². The summed E-state index contributed by atoms with van der Waals surface area (Å²) in [6.07, 6.45) is 3.49. The van der Waals surface area contributed by atoms with E-state index in [0.29, 0.717) is 16.7 Å². The monoisotopic (exact) mass is 364 g/mol. The SMILES string of the molecule is CCCCc1ccc(NC(=S)NCc2ccc(F)cc2Cl)c(C)c1. The molecule has 128 valence electrons. The summed E-state index contributed by atoms with van der Waals surface area (Å²) in [7, 11) is 0. The normalized spacial score (nSPS) is 10.5. The lowest BCUT2D eigenvalue weighted by Gasteiger charge is -2.14. The molecule has 0 heterocycles. The Morgan fingerprint density at radius 2 is 2.00 bits per heavy atom. The van der Waals surface area contributed by atoms with Crippen LogP contribution in [0.3, 0.4) is 0 Å². The van der Waals surface area contributed by atoms with Crippen LogP contribution in [0.1, 0.15) is 36.5 Å². The van der Waals surface area contributed by atoms with Crippen LogP contribution in [0.2, 0.25) is 5.02 Å². The first-order chi connectivity index (χ1) is 11.5. The fraction of sp³-hybridized carbons (Fsp3) is 0.316. The molecule has 0 aromatic heterocycles. The molecular formula is C19H22ClFN2S. The molecular weight excluding hydrogens is 343 g/mol. The van der Waals surface area contributed by atoms with Gasteiger partial charge in [0.25, 0.3) is 0 Å². The minimum Gasteiger partial charge on any atom is -0.358 e. The first kappa shape index (κ1) is 18.7. The van der Waals surface area contributed by atoms with Gasteiger partial charge in [0.15, 0.2) is 5.11 Å². The van der Waals surface area contributed by atoms with Crippen LogP contribution in [-0.4, -0.2) is 5.11 Å². The molecule has 2 nitrogen and oxygen atoms in total. The molecule has 2 aromatic carbocycles. The minimum absolute atomic E-state index is 0.344. The van der Waals surface area contributed by atoms with Crippen LogP contribution in [0.5, 0.6) is 0 Å². The lowest BCUT2D eigenvalue weighted by atomic mass is 10.0. The highest BCUT2D eigenvalue weighted by atomic mass is 35.5. The van der Waals surface area contributed by atoms with Gasteiger partial charge in [-0.15, -0.1) is 0 Å². The molecule has 0 aliphatic heterocycles. The molecule has 24 heavy (non-hydrogen) atoms. The summed E-state index contributed by atoms with van der Waals surface area (Å²) < 4.78 is 13.0. The summed E-state index contributed by atoms with van der Waals surface area (Å²) in [4.78, 5) is 0. The van der Waals surface area contributed by atoms with Crippen molar-refractivity contribution in [3.63, 3.8) is 0 Å². The molecule has 0 fully saturated rings. The number of halogens is 2. The first-order valence-corrected chi connectivity index (χ1v) is 8.86. The number of rotatable bonds is 6. The summed E-state index contributed by atoms with van der Waals surface area (Å²) >= 11 is 11.3. The van der Waals surface area contributed by atoms with Crippen molar-refractivity contribution in [1.29, 1.82) is 0 Å². The van der Waals surface area contributed by atoms with Gasteiger partial charge >= 0.3 is 0 Å². The summed E-state index contributed by atoms with van der Waals surface area (Å²) in [5.74, 6) is -0.344. The smallest absolute Gasteiger partial charge is 0.171 e. The lowest BCUT2D eigenvalue weighted by molar-refractivity contribution is 0.627. The molecule has 0 aliphatic rings. The van der Waals surface area contributed by atoms with Crippen molar-refractivity contribution < 1.29 is 4.39 Å². The number of unbranched alkanes of at least 4 members (excludes halogenated alkanes) is 1. The summed E-state index contributed by atoms with van der Waals surface area (Å²) in [5.41, 5.74) is 4.29. The second-order valence-electron chi connectivity index (χ2n) is 5.80. The molecule has 0 unspecified atom stereocenters. The van der Waals surface area contributed by atoms with E-state index in [1.165, 1.54) is 30.5 Å². The highest BCUT2D eigenvalue weighted by molar-refractivity contribution is 7.80. The van der Waals surface area contributed by atoms with Crippen LogP contribution >= 0.6 is 23.8 Å². The zero-order valence-corrected chi connectivity index (χ0v) is 15.5. The van der Waals surface area contributed by atoms with Gasteiger partial charge in [-0.2, -0.15) is 0 Å². The van der Waals surface area contributed by atoms with E-state index in [2.05, 4.69) is 42.7 Å². The Labute approximate surface area is 153 Å². The molecule has 0 saturated heterocycles. The third kappa shape index (κ3) is 5.46. The average Bonchev–Trinajstić information content (AvgIpc) is 2.54. The number of anilines is 1. The highest BCUT2D eigenvalue weighted by Crippen LogP contribution is 2.19. The van der Waals surface area contributed by atoms with Crippen molar-refractivity contribution in [2.24, 2.45) is 0 Å². The van der Waals surface area contributed by atoms with E-state index in [0.717, 1.165) is 23.2 Å². The van der Waals surface area contributed by atoms with Gasteiger partial charge < -0.3 is 10.6 Å². The van der Waals surface area contributed by atoms with Crippen LogP contribution in [0.15, 0.2) is 36.4 Å². The summed E-state index contributed by atoms with van der Waals surface area (Å²) in [5, 5.41) is 7.20. The maximum Gasteiger partial charge on any atom is 0.171 e. The Hall–Kier alpha value is -1.65. The number of hydrogen-bond acceptors (Lipinski definition) is 1. The third-order valence-corrected chi connectivity index (χ3v) is 4.41. The molecule has 0 amide bonds. The second kappa shape index (κ2) is 9.00. The van der Waals surface area contributed by atoms with E-state index in [1.54, 1.807) is 6.07 Å². The summed E-state index contributed by atoms with van der Waals surface area (Å²) in [6, 6.07) is 10.7. The van der Waals surface area contributed by atoms with Gasteiger partial charge in [-0.05, 0) is 66.9 Å². The quantitative estimate of drug-likeness (QED) is 0.651. The lowest BCUT2D eigenvalue weighted by Crippen LogP contribution is -2.28. The van der Waals surface area contributed by atoms with E-state index in [1.807, 2.05) is 0 Å². The number of benzene rings is 2. The van der Waals surface area contributed by atoms with Gasteiger partial charge in [-0.1, -0.05) is 43.1 Å².